The molecule has 0 aliphatic carbocycles. The fraction of sp³-hybridized carbons (Fsp3) is 0.533. The predicted octanol–water partition coefficient (Wildman–Crippen LogP) is 4.49. The normalized spacial score (nSPS) is 20.6. The molecule has 0 bridgehead atoms. The monoisotopic (exact) mass is 434 g/mol. The Labute approximate surface area is 164 Å². The summed E-state index contributed by atoms with van der Waals surface area (Å²) in [7, 11) is 0. The van der Waals surface area contributed by atoms with E-state index in [9.17, 15) is 13.6 Å². The van der Waals surface area contributed by atoms with E-state index in [0.29, 0.717) is 0 Å². The molecule has 1 heterocycles. The van der Waals surface area contributed by atoms with Crippen LogP contribution in [0.25, 0.3) is 0 Å². The fourth-order valence-corrected chi connectivity index (χ4v) is 2.85. The van der Waals surface area contributed by atoms with Crippen molar-refractivity contribution in [3.63, 3.8) is 0 Å². The molecule has 25 heavy (non-hydrogen) atoms. The second-order valence-electron chi connectivity index (χ2n) is 5.70. The Hall–Kier alpha value is -0.530. The number of alkyl halides is 4. The fourth-order valence-electron chi connectivity index (χ4n) is 2.49. The maximum absolute atomic E-state index is 14.1. The highest BCUT2D eigenvalue weighted by molar-refractivity contribution is 6.67. The van der Waals surface area contributed by atoms with E-state index in [0.717, 1.165) is 0 Å². The molecule has 0 radical (unpaired) electrons. The van der Waals surface area contributed by atoms with Crippen LogP contribution in [-0.4, -0.2) is 46.7 Å². The first-order valence-corrected chi connectivity index (χ1v) is 8.95. The van der Waals surface area contributed by atoms with Crippen molar-refractivity contribution in [3.05, 3.63) is 34.6 Å². The number of ether oxygens (including phenoxy) is 1. The van der Waals surface area contributed by atoms with E-state index in [1.165, 1.54) is 17.0 Å². The molecule has 0 unspecified atom stereocenters. The Kier molecular flexibility index (Phi) is 7.40. The molecule has 140 valence electrons. The first-order valence-electron chi connectivity index (χ1n) is 7.44. The lowest BCUT2D eigenvalue weighted by atomic mass is 10.1. The van der Waals surface area contributed by atoms with Gasteiger partial charge in [-0.25, -0.2) is 13.6 Å². The average Bonchev–Trinajstić information content (AvgIpc) is 2.93. The smallest absolute Gasteiger partial charge is 0.410 e. The number of rotatable bonds is 5. The highest BCUT2D eigenvalue weighted by atomic mass is 35.6. The minimum atomic E-state index is -1.77. The van der Waals surface area contributed by atoms with Crippen LogP contribution in [0.2, 0.25) is 5.02 Å². The van der Waals surface area contributed by atoms with Crippen molar-refractivity contribution < 1.29 is 18.3 Å². The van der Waals surface area contributed by atoms with Crippen molar-refractivity contribution in [2.45, 2.75) is 29.0 Å². The van der Waals surface area contributed by atoms with Crippen molar-refractivity contribution >= 4 is 52.5 Å². The van der Waals surface area contributed by atoms with Gasteiger partial charge in [0.2, 0.25) is 3.79 Å². The van der Waals surface area contributed by atoms with Gasteiger partial charge in [0.1, 0.15) is 18.6 Å². The van der Waals surface area contributed by atoms with Crippen molar-refractivity contribution in [3.8, 4) is 0 Å². The van der Waals surface area contributed by atoms with Crippen LogP contribution < -0.4 is 5.32 Å². The number of hydrogen-bond acceptors (Lipinski definition) is 3. The van der Waals surface area contributed by atoms with Crippen LogP contribution in [0, 0.1) is 5.82 Å². The summed E-state index contributed by atoms with van der Waals surface area (Å²) in [5.41, 5.74) is 0.202. The SMILES string of the molecule is O=C(OCC(Cl)(Cl)Cl)N(Cc1cccc(Cl)c1F)C[C@@H]1C[C@@H](F)CN1. The molecule has 1 aromatic carbocycles. The topological polar surface area (TPSA) is 41.6 Å². The largest absolute Gasteiger partial charge is 0.445 e. The first-order chi connectivity index (χ1) is 11.7. The van der Waals surface area contributed by atoms with Crippen LogP contribution >= 0.6 is 46.4 Å². The molecule has 0 spiro atoms. The predicted molar refractivity (Wildman–Crippen MR) is 94.8 cm³/mol. The van der Waals surface area contributed by atoms with Gasteiger partial charge < -0.3 is 15.0 Å². The summed E-state index contributed by atoms with van der Waals surface area (Å²) < 4.78 is 30.7. The molecule has 0 aromatic heterocycles. The zero-order valence-corrected chi connectivity index (χ0v) is 16.0. The number of hydrogen-bond donors (Lipinski definition) is 1. The highest BCUT2D eigenvalue weighted by Crippen LogP contribution is 2.27. The van der Waals surface area contributed by atoms with Crippen LogP contribution in [0.4, 0.5) is 13.6 Å². The van der Waals surface area contributed by atoms with Crippen molar-refractivity contribution in [1.82, 2.24) is 10.2 Å². The standard InChI is InChI=1S/C15H16Cl4F2N2O2/c16-12-3-1-2-9(13(12)21)6-23(7-11-4-10(20)5-22-11)14(24)25-8-15(17,18)19/h1-3,10-11,22H,4-8H2/t10-,11+/m1/s1. The quantitative estimate of drug-likeness (QED) is 0.693. The summed E-state index contributed by atoms with van der Waals surface area (Å²) in [6.45, 7) is -0.257. The number of benzene rings is 1. The molecule has 1 amide bonds. The lowest BCUT2D eigenvalue weighted by Crippen LogP contribution is -2.41. The highest BCUT2D eigenvalue weighted by Gasteiger charge is 2.30. The third-order valence-electron chi connectivity index (χ3n) is 3.62. The van der Waals surface area contributed by atoms with Crippen LogP contribution in [0.5, 0.6) is 0 Å². The maximum Gasteiger partial charge on any atom is 0.410 e. The molecular formula is C15H16Cl4F2N2O2. The number of nitrogens with one attached hydrogen (secondary N) is 1. The van der Waals surface area contributed by atoms with Crippen molar-refractivity contribution in [2.75, 3.05) is 19.7 Å². The Morgan fingerprint density at radius 3 is 2.72 bits per heavy atom. The zero-order valence-electron chi connectivity index (χ0n) is 13.0. The number of carbonyl (C=O) groups excluding carboxylic acids is 1. The Balaban J connectivity index is 2.10. The van der Waals surface area contributed by atoms with Gasteiger partial charge in [-0.2, -0.15) is 0 Å². The molecule has 10 heteroatoms. The van der Waals surface area contributed by atoms with Gasteiger partial charge in [0.25, 0.3) is 0 Å². The van der Waals surface area contributed by atoms with E-state index in [4.69, 9.17) is 51.1 Å². The van der Waals surface area contributed by atoms with Gasteiger partial charge in [-0.15, -0.1) is 0 Å². The molecular weight excluding hydrogens is 420 g/mol. The second-order valence-corrected chi connectivity index (χ2v) is 8.62. The number of amides is 1. The zero-order chi connectivity index (χ0) is 18.6. The van der Waals surface area contributed by atoms with Gasteiger partial charge in [0.15, 0.2) is 0 Å². The Bertz CT molecular complexity index is 616. The number of carbonyl (C=O) groups is 1. The summed E-state index contributed by atoms with van der Waals surface area (Å²) >= 11 is 22.5. The van der Waals surface area contributed by atoms with E-state index in [2.05, 4.69) is 5.32 Å². The molecule has 2 rings (SSSR count). The molecule has 2 atom stereocenters. The minimum absolute atomic E-state index is 0.0603. The number of nitrogens with zero attached hydrogens (tertiary/aromatic N) is 1. The van der Waals surface area contributed by atoms with E-state index in [-0.39, 0.29) is 42.7 Å². The van der Waals surface area contributed by atoms with Gasteiger partial charge >= 0.3 is 6.09 Å². The molecule has 0 saturated carbocycles. The van der Waals surface area contributed by atoms with Gasteiger partial charge in [0, 0.05) is 24.7 Å². The lowest BCUT2D eigenvalue weighted by Gasteiger charge is -2.26. The maximum atomic E-state index is 14.1. The van der Waals surface area contributed by atoms with Crippen molar-refractivity contribution in [1.29, 1.82) is 0 Å². The van der Waals surface area contributed by atoms with Gasteiger partial charge in [-0.3, -0.25) is 0 Å². The molecule has 1 N–H and O–H groups in total. The summed E-state index contributed by atoms with van der Waals surface area (Å²) in [4.78, 5) is 13.5. The molecule has 4 nitrogen and oxygen atoms in total. The first kappa shape index (κ1) is 20.8. The van der Waals surface area contributed by atoms with E-state index >= 15 is 0 Å². The van der Waals surface area contributed by atoms with Crippen molar-refractivity contribution in [2.24, 2.45) is 0 Å². The third kappa shape index (κ3) is 6.61. The van der Waals surface area contributed by atoms with Crippen LogP contribution in [-0.2, 0) is 11.3 Å². The van der Waals surface area contributed by atoms with Crippen LogP contribution in [0.15, 0.2) is 18.2 Å². The van der Waals surface area contributed by atoms with E-state index in [1.807, 2.05) is 0 Å². The van der Waals surface area contributed by atoms with Crippen LogP contribution in [0.1, 0.15) is 12.0 Å². The minimum Gasteiger partial charge on any atom is -0.445 e. The summed E-state index contributed by atoms with van der Waals surface area (Å²) in [6, 6.07) is 4.18. The summed E-state index contributed by atoms with van der Waals surface area (Å²) in [5.74, 6) is -0.633. The molecule has 1 aromatic rings. The van der Waals surface area contributed by atoms with Gasteiger partial charge in [-0.05, 0) is 12.5 Å². The number of halogens is 6. The lowest BCUT2D eigenvalue weighted by molar-refractivity contribution is 0.0973. The summed E-state index contributed by atoms with van der Waals surface area (Å²) in [6.07, 6.45) is -1.55. The molecule has 1 aliphatic rings. The Morgan fingerprint density at radius 1 is 1.40 bits per heavy atom. The molecule has 1 aliphatic heterocycles. The van der Waals surface area contributed by atoms with Crippen LogP contribution in [0.3, 0.4) is 0 Å². The average molecular weight is 436 g/mol. The third-order valence-corrected chi connectivity index (χ3v) is 4.24. The van der Waals surface area contributed by atoms with E-state index < -0.39 is 28.5 Å². The second kappa shape index (κ2) is 8.91. The molecule has 1 saturated heterocycles. The van der Waals surface area contributed by atoms with Gasteiger partial charge in [-0.1, -0.05) is 58.5 Å². The Morgan fingerprint density at radius 2 is 2.12 bits per heavy atom. The summed E-state index contributed by atoms with van der Waals surface area (Å²) in [5, 5.41) is 2.89. The van der Waals surface area contributed by atoms with E-state index in [1.54, 1.807) is 6.07 Å². The molecule has 1 fully saturated rings. The van der Waals surface area contributed by atoms with Gasteiger partial charge in [0.05, 0.1) is 11.6 Å².